The molecule has 0 saturated carbocycles. The van der Waals surface area contributed by atoms with Gasteiger partial charge < -0.3 is 32.8 Å². The summed E-state index contributed by atoms with van der Waals surface area (Å²) in [4.78, 5) is 39.6. The van der Waals surface area contributed by atoms with Crippen molar-refractivity contribution in [1.82, 2.24) is 0 Å². The van der Waals surface area contributed by atoms with Crippen LogP contribution in [-0.2, 0) is 30.5 Å². The maximum absolute atomic E-state index is 10.9. The van der Waals surface area contributed by atoms with Crippen molar-refractivity contribution in [3.63, 3.8) is 0 Å². The molecule has 13 heteroatoms. The predicted molar refractivity (Wildman–Crippen MR) is 282 cm³/mol. The van der Waals surface area contributed by atoms with Gasteiger partial charge in [0.25, 0.3) is 10.1 Å². The SMILES string of the molecule is CC.CC.CC.CC.CC.CC.CC(=O)c1ccccc1.CC=O.CC=O.CCC.CCC.CCCS(=O)(=O)O.CC[NH3+].Cc1ccc(S(C)=O)cc1.Cc1ccccc1C(=O)O.[Cl-]. The zero-order valence-electron chi connectivity index (χ0n) is 45.3. The second-order valence-electron chi connectivity index (χ2n) is 9.98. The van der Waals surface area contributed by atoms with Crippen molar-refractivity contribution in [3.8, 4) is 0 Å². The Hall–Kier alpha value is -3.55. The number of rotatable bonds is 5. The molecule has 0 spiro atoms. The lowest BCUT2D eigenvalue weighted by atomic mass is 10.1. The molecule has 0 aliphatic rings. The van der Waals surface area contributed by atoms with Gasteiger partial charge in [-0.05, 0) is 71.7 Å². The van der Waals surface area contributed by atoms with Crippen LogP contribution in [-0.4, -0.2) is 65.2 Å². The molecule has 0 aliphatic heterocycles. The minimum absolute atomic E-state index is 0. The van der Waals surface area contributed by atoms with Gasteiger partial charge in [-0.1, -0.05) is 197 Å². The van der Waals surface area contributed by atoms with Gasteiger partial charge in [0, 0.05) is 27.5 Å². The fourth-order valence-electron chi connectivity index (χ4n) is 2.47. The summed E-state index contributed by atoms with van der Waals surface area (Å²) in [6.07, 6.45) is 6.16. The highest BCUT2D eigenvalue weighted by molar-refractivity contribution is 7.85. The van der Waals surface area contributed by atoms with E-state index < -0.39 is 26.9 Å². The number of aromatic carboxylic acids is 1. The van der Waals surface area contributed by atoms with Crippen molar-refractivity contribution < 1.29 is 59.6 Å². The first-order chi connectivity index (χ1) is 29.8. The molecule has 0 saturated heterocycles. The maximum Gasteiger partial charge on any atom is 0.335 e. The Balaban J connectivity index is -0.0000000417. The van der Waals surface area contributed by atoms with E-state index in [-0.39, 0.29) is 23.9 Å². The molecule has 0 amide bonds. The minimum atomic E-state index is -3.67. The van der Waals surface area contributed by atoms with E-state index in [0.29, 0.717) is 12.0 Å². The zero-order chi connectivity index (χ0) is 53.3. The highest BCUT2D eigenvalue weighted by atomic mass is 35.5. The topological polar surface area (TPSA) is 188 Å². The van der Waals surface area contributed by atoms with Crippen LogP contribution in [0, 0.1) is 13.8 Å². The van der Waals surface area contributed by atoms with E-state index in [1.807, 2.05) is 158 Å². The van der Waals surface area contributed by atoms with E-state index in [1.54, 1.807) is 45.2 Å². The van der Waals surface area contributed by atoms with Crippen LogP contribution in [0.2, 0.25) is 0 Å². The molecular formula is C51H102ClNO9S2. The summed E-state index contributed by atoms with van der Waals surface area (Å²) in [6, 6.07) is 23.9. The van der Waals surface area contributed by atoms with Crippen molar-refractivity contribution in [1.29, 1.82) is 0 Å². The Morgan fingerprint density at radius 2 is 0.922 bits per heavy atom. The number of carbonyl (C=O) groups excluding carboxylic acids is 3. The lowest BCUT2D eigenvalue weighted by molar-refractivity contribution is -0.361. The molecular weight excluding hydrogens is 870 g/mol. The molecule has 384 valence electrons. The third-order valence-electron chi connectivity index (χ3n) is 4.37. The largest absolute Gasteiger partial charge is 1.00 e. The van der Waals surface area contributed by atoms with Crippen molar-refractivity contribution in [2.75, 3.05) is 18.6 Å². The van der Waals surface area contributed by atoms with E-state index in [2.05, 4.69) is 33.4 Å². The van der Waals surface area contributed by atoms with Crippen molar-refractivity contribution >= 4 is 45.2 Å². The Labute approximate surface area is 406 Å². The van der Waals surface area contributed by atoms with Gasteiger partial charge in [-0.3, -0.25) is 13.6 Å². The zero-order valence-corrected chi connectivity index (χ0v) is 47.7. The fourth-order valence-corrected chi connectivity index (χ4v) is 3.51. The Kier molecular flexibility index (Phi) is 140. The number of halogens is 1. The van der Waals surface area contributed by atoms with Crippen LogP contribution in [0.3, 0.4) is 0 Å². The molecule has 10 nitrogen and oxygen atoms in total. The van der Waals surface area contributed by atoms with Gasteiger partial charge in [0.05, 0.1) is 17.9 Å². The van der Waals surface area contributed by atoms with Gasteiger partial charge in [0.15, 0.2) is 5.78 Å². The monoisotopic (exact) mass is 972 g/mol. The van der Waals surface area contributed by atoms with Crippen LogP contribution in [0.1, 0.15) is 197 Å². The molecule has 5 N–H and O–H groups in total. The van der Waals surface area contributed by atoms with Crippen LogP contribution in [0.4, 0.5) is 0 Å². The number of carboxylic acid groups (broad SMARTS) is 1. The normalized spacial score (nSPS) is 7.84. The van der Waals surface area contributed by atoms with Crippen molar-refractivity contribution in [2.45, 2.75) is 183 Å². The average Bonchev–Trinajstić information content (AvgIpc) is 3.27. The van der Waals surface area contributed by atoms with E-state index in [0.717, 1.165) is 35.1 Å². The first kappa shape index (κ1) is 94.9. The van der Waals surface area contributed by atoms with Crippen molar-refractivity contribution in [3.05, 3.63) is 101 Å². The van der Waals surface area contributed by atoms with Crippen LogP contribution in [0.5, 0.6) is 0 Å². The summed E-state index contributed by atoms with van der Waals surface area (Å²) in [5.41, 5.74) is 6.64. The van der Waals surface area contributed by atoms with E-state index >= 15 is 0 Å². The Morgan fingerprint density at radius 1 is 0.641 bits per heavy atom. The fraction of sp³-hybridized carbons (Fsp3) is 0.569. The number of ketones is 1. The van der Waals surface area contributed by atoms with Crippen molar-refractivity contribution in [2.24, 2.45) is 0 Å². The van der Waals surface area contributed by atoms with Crippen LogP contribution >= 0.6 is 0 Å². The van der Waals surface area contributed by atoms with Gasteiger partial charge in [-0.25, -0.2) is 4.79 Å². The molecule has 3 aromatic rings. The highest BCUT2D eigenvalue weighted by Gasteiger charge is 2.03. The predicted octanol–water partition coefficient (Wildman–Crippen LogP) is 11.3. The first-order valence-electron chi connectivity index (χ1n) is 22.6. The Bertz CT molecular complexity index is 1360. The third kappa shape index (κ3) is 112. The second-order valence-corrected chi connectivity index (χ2v) is 12.9. The molecule has 3 rings (SSSR count). The van der Waals surface area contributed by atoms with Gasteiger partial charge in [-0.15, -0.1) is 0 Å². The number of benzene rings is 3. The lowest BCUT2D eigenvalue weighted by Gasteiger charge is -1.96. The number of hydrogen-bond donors (Lipinski definition) is 3. The number of quaternary nitrogens is 1. The molecule has 0 bridgehead atoms. The summed E-state index contributed by atoms with van der Waals surface area (Å²) in [5, 5.41) is 8.57. The third-order valence-corrected chi connectivity index (χ3v) is 6.23. The van der Waals surface area contributed by atoms with Gasteiger partial charge >= 0.3 is 5.97 Å². The molecule has 1 atom stereocenters. The highest BCUT2D eigenvalue weighted by Crippen LogP contribution is 2.06. The van der Waals surface area contributed by atoms with Crippen LogP contribution in [0.15, 0.2) is 83.8 Å². The number of carbonyl (C=O) groups is 4. The summed E-state index contributed by atoms with van der Waals surface area (Å²) in [5.74, 6) is -0.874. The molecule has 0 heterocycles. The number of aryl methyl sites for hydroxylation is 2. The molecule has 1 unspecified atom stereocenters. The van der Waals surface area contributed by atoms with E-state index in [1.165, 1.54) is 32.3 Å². The van der Waals surface area contributed by atoms with Gasteiger partial charge in [0.2, 0.25) is 0 Å². The van der Waals surface area contributed by atoms with Crippen LogP contribution < -0.4 is 18.1 Å². The van der Waals surface area contributed by atoms with Crippen LogP contribution in [0.25, 0.3) is 0 Å². The van der Waals surface area contributed by atoms with E-state index in [4.69, 9.17) is 19.2 Å². The summed E-state index contributed by atoms with van der Waals surface area (Å²) < 4.78 is 38.4. The lowest BCUT2D eigenvalue weighted by Crippen LogP contribution is -3.00. The Morgan fingerprint density at radius 3 is 1.09 bits per heavy atom. The number of carboxylic acids is 1. The number of aldehydes is 2. The number of hydrogen-bond acceptors (Lipinski definition) is 7. The molecule has 64 heavy (non-hydrogen) atoms. The molecule has 0 aromatic heterocycles. The van der Waals surface area contributed by atoms with Gasteiger partial charge in [-0.2, -0.15) is 8.42 Å². The summed E-state index contributed by atoms with van der Waals surface area (Å²) in [7, 11) is -4.51. The molecule has 0 radical (unpaired) electrons. The quantitative estimate of drug-likeness (QED) is 0.127. The summed E-state index contributed by atoms with van der Waals surface area (Å²) >= 11 is 0. The minimum Gasteiger partial charge on any atom is -1.00 e. The molecule has 0 aliphatic carbocycles. The van der Waals surface area contributed by atoms with Gasteiger partial charge in [0.1, 0.15) is 12.6 Å². The smallest absolute Gasteiger partial charge is 0.335 e. The maximum atomic E-state index is 10.9. The first-order valence-corrected chi connectivity index (χ1v) is 25.8. The standard InChI is InChI=1S/C8H8O2.C8H10OS.C8H8O.C3H8O3S.2C3H8.C2H7N.2C2H4O.6C2H6.ClH/c1-6-4-2-3-5-7(6)8(9)10;1-7-3-5-8(6-4-7)10(2)9;1-7(9)8-5-3-2-4-6-8;1-2-3-7(4,5)6;2*1-3-2;3*1-2-3;6*1-2;/h2-5H,1H3,(H,9,10);3-6H,1-2H3;2-6H,1H3;2-3H2,1H3,(H,4,5,6);2*3H2,1-2H3;2-3H2,1H3;2*2H,1H3;6*1-2H3;1H. The average molecular weight is 973 g/mol. The van der Waals surface area contributed by atoms with E-state index in [9.17, 15) is 22.2 Å². The molecule has 0 fully saturated rings. The number of Topliss-reactive ketones (excluding diaryl/α,β-unsaturated/α-hetero) is 1. The molecule has 3 aromatic carbocycles. The second kappa shape index (κ2) is 94.1. The summed E-state index contributed by atoms with van der Waals surface area (Å²) in [6.45, 7) is 45.5.